The molecule has 0 saturated heterocycles. The quantitative estimate of drug-likeness (QED) is 0.473. The number of methoxy groups -OCH3 is 1. The standard InChI is InChI=1S/C9H11O2.C2HF3O2.Hg/c1-6-5-9(3,11-4)7(2)8(6)10;3-2(4,5)1(6)7;/h2,5H,1,3-4H3;(H,6,7);/q;;+1/p-1. The molecule has 0 fully saturated rings. The van der Waals surface area contributed by atoms with Crippen LogP contribution in [0.1, 0.15) is 13.8 Å². The van der Waals surface area contributed by atoms with Crippen LogP contribution in [0, 0.1) is 0 Å². The molecular weight excluding hydrogens is 454 g/mol. The number of Topliss-reactive ketones (excluding diaryl/α,β-unsaturated/α-hetero) is 1. The number of ether oxygens (including phenoxy) is 1. The summed E-state index contributed by atoms with van der Waals surface area (Å²) in [6.07, 6.45) is -3.39. The van der Waals surface area contributed by atoms with Crippen LogP contribution in [-0.4, -0.2) is 30.6 Å². The van der Waals surface area contributed by atoms with E-state index in [9.17, 15) is 22.8 Å². The van der Waals surface area contributed by atoms with Crippen LogP contribution in [0.2, 0.25) is 0 Å². The topological polar surface area (TPSA) is 52.6 Å². The zero-order chi connectivity index (χ0) is 14.8. The number of allylic oxidation sites excluding steroid dienone is 1. The molecule has 0 heterocycles. The molecule has 19 heavy (non-hydrogen) atoms. The summed E-state index contributed by atoms with van der Waals surface area (Å²) in [5.74, 6) is -2.48. The Hall–Kier alpha value is -0.695. The van der Waals surface area contributed by atoms with Crippen LogP contribution in [0.5, 0.6) is 0 Å². The van der Waals surface area contributed by atoms with Gasteiger partial charge in [0, 0.05) is 0 Å². The molecular formula is C11H11F3HgO4. The van der Waals surface area contributed by atoms with Gasteiger partial charge in [0.15, 0.2) is 0 Å². The summed E-state index contributed by atoms with van der Waals surface area (Å²) in [6, 6.07) is 0. The zero-order valence-electron chi connectivity index (χ0n) is 10.6. The van der Waals surface area contributed by atoms with Crippen molar-refractivity contribution in [3.05, 3.63) is 20.8 Å². The SMILES string of the molecule is COC1(C)C=C(C)C(=O)/C1=[CH]\[Hg][O]C(=O)C(F)(F)F. The molecule has 0 aliphatic heterocycles. The number of alkyl halides is 3. The van der Waals surface area contributed by atoms with Gasteiger partial charge in [0.05, 0.1) is 0 Å². The molecule has 1 unspecified atom stereocenters. The third-order valence-corrected chi connectivity index (χ3v) is 6.69. The Morgan fingerprint density at radius 2 is 2.05 bits per heavy atom. The molecule has 0 bridgehead atoms. The third kappa shape index (κ3) is 3.65. The van der Waals surface area contributed by atoms with E-state index < -0.39 is 42.8 Å². The summed E-state index contributed by atoms with van der Waals surface area (Å²) in [5, 5.41) is 0. The van der Waals surface area contributed by atoms with Gasteiger partial charge in [-0.25, -0.2) is 0 Å². The maximum absolute atomic E-state index is 11.9. The van der Waals surface area contributed by atoms with Crippen LogP contribution in [0.3, 0.4) is 0 Å². The van der Waals surface area contributed by atoms with E-state index >= 15 is 0 Å². The summed E-state index contributed by atoms with van der Waals surface area (Å²) in [4.78, 5) is 22.4. The third-order valence-electron chi connectivity index (χ3n) is 2.79. The Morgan fingerprint density at radius 1 is 1.47 bits per heavy atom. The molecule has 0 radical (unpaired) electrons. The van der Waals surface area contributed by atoms with E-state index in [0.717, 1.165) is 0 Å². The molecule has 1 rings (SSSR count). The fourth-order valence-electron chi connectivity index (χ4n) is 1.74. The second-order valence-corrected chi connectivity index (χ2v) is 8.19. The summed E-state index contributed by atoms with van der Waals surface area (Å²) < 4.78 is 46.6. The fraction of sp³-hybridized carbons (Fsp3) is 0.455. The average molecular weight is 465 g/mol. The molecule has 102 valence electrons. The Morgan fingerprint density at radius 3 is 2.53 bits per heavy atom. The van der Waals surface area contributed by atoms with Crippen molar-refractivity contribution in [3.8, 4) is 0 Å². The van der Waals surface area contributed by atoms with Gasteiger partial charge in [-0.15, -0.1) is 0 Å². The molecule has 8 heteroatoms. The van der Waals surface area contributed by atoms with E-state index in [2.05, 4.69) is 2.64 Å². The molecule has 0 amide bonds. The van der Waals surface area contributed by atoms with Gasteiger partial charge in [0.25, 0.3) is 0 Å². The summed E-state index contributed by atoms with van der Waals surface area (Å²) in [6.45, 7) is 3.23. The van der Waals surface area contributed by atoms with Gasteiger partial charge < -0.3 is 0 Å². The second-order valence-electron chi connectivity index (χ2n) is 4.18. The van der Waals surface area contributed by atoms with E-state index in [1.807, 2.05) is 0 Å². The van der Waals surface area contributed by atoms with Crippen molar-refractivity contribution in [2.45, 2.75) is 25.6 Å². The number of carbonyl (C=O) groups is 2. The normalized spacial score (nSPS) is 25.3. The van der Waals surface area contributed by atoms with Gasteiger partial charge in [-0.05, 0) is 0 Å². The number of ketones is 1. The molecule has 1 aliphatic rings. The molecule has 4 nitrogen and oxygen atoms in total. The van der Waals surface area contributed by atoms with Gasteiger partial charge in [-0.2, -0.15) is 0 Å². The van der Waals surface area contributed by atoms with Crippen LogP contribution in [0.15, 0.2) is 20.8 Å². The first-order chi connectivity index (χ1) is 8.62. The predicted octanol–water partition coefficient (Wildman–Crippen LogP) is 1.91. The molecule has 0 aromatic rings. The van der Waals surface area contributed by atoms with E-state index in [0.29, 0.717) is 5.57 Å². The molecule has 0 saturated carbocycles. The van der Waals surface area contributed by atoms with Crippen molar-refractivity contribution < 1.29 is 55.2 Å². The predicted molar refractivity (Wildman–Crippen MR) is 54.4 cm³/mol. The summed E-state index contributed by atoms with van der Waals surface area (Å²) >= 11 is -2.73. The van der Waals surface area contributed by atoms with E-state index in [1.54, 1.807) is 19.9 Å². The molecule has 0 aromatic heterocycles. The maximum atomic E-state index is 11.9. The number of carbonyl (C=O) groups excluding carboxylic acids is 2. The number of rotatable bonds is 3. The van der Waals surface area contributed by atoms with Crippen LogP contribution in [-0.2, 0) is 42.0 Å². The first kappa shape index (κ1) is 16.4. The van der Waals surface area contributed by atoms with Gasteiger partial charge in [0.1, 0.15) is 0 Å². The van der Waals surface area contributed by atoms with Crippen molar-refractivity contribution in [2.75, 3.05) is 7.11 Å². The minimum atomic E-state index is -4.99. The van der Waals surface area contributed by atoms with E-state index in [1.165, 1.54) is 10.7 Å². The van der Waals surface area contributed by atoms with Gasteiger partial charge in [-0.3, -0.25) is 0 Å². The second kappa shape index (κ2) is 5.74. The Labute approximate surface area is 120 Å². The van der Waals surface area contributed by atoms with Gasteiger partial charge in [-0.1, -0.05) is 0 Å². The zero-order valence-corrected chi connectivity index (χ0v) is 16.1. The Balaban J connectivity index is 2.78. The van der Waals surface area contributed by atoms with Crippen LogP contribution in [0.4, 0.5) is 13.2 Å². The fourth-order valence-corrected chi connectivity index (χ4v) is 6.23. The molecule has 0 spiro atoms. The van der Waals surface area contributed by atoms with Crippen LogP contribution < -0.4 is 0 Å². The van der Waals surface area contributed by atoms with Crippen molar-refractivity contribution >= 4 is 11.8 Å². The monoisotopic (exact) mass is 466 g/mol. The first-order valence-electron chi connectivity index (χ1n) is 5.35. The number of halogens is 3. The van der Waals surface area contributed by atoms with Gasteiger partial charge >= 0.3 is 120 Å². The van der Waals surface area contributed by atoms with Crippen LogP contribution in [0.25, 0.3) is 0 Å². The first-order valence-corrected chi connectivity index (χ1v) is 10.8. The van der Waals surface area contributed by atoms with E-state index in [-0.39, 0.29) is 11.4 Å². The summed E-state index contributed by atoms with van der Waals surface area (Å²) in [5.41, 5.74) is -0.235. The summed E-state index contributed by atoms with van der Waals surface area (Å²) in [7, 11) is 1.40. The van der Waals surface area contributed by atoms with Crippen LogP contribution >= 0.6 is 0 Å². The van der Waals surface area contributed by atoms with Crippen molar-refractivity contribution in [1.29, 1.82) is 0 Å². The van der Waals surface area contributed by atoms with Crippen molar-refractivity contribution in [1.82, 2.24) is 0 Å². The number of hydrogen-bond donors (Lipinski definition) is 0. The van der Waals surface area contributed by atoms with Crippen molar-refractivity contribution in [3.63, 3.8) is 0 Å². The average Bonchev–Trinajstić information content (AvgIpc) is 2.52. The minimum absolute atomic E-state index is 0.254. The molecule has 0 aromatic carbocycles. The van der Waals surface area contributed by atoms with Gasteiger partial charge in [0.2, 0.25) is 0 Å². The molecule has 0 N–H and O–H groups in total. The Kier molecular flexibility index (Phi) is 4.94. The Bertz CT molecular complexity index is 467. The molecule has 1 atom stereocenters. The van der Waals surface area contributed by atoms with Crippen molar-refractivity contribution in [2.24, 2.45) is 0 Å². The number of hydrogen-bond acceptors (Lipinski definition) is 4. The molecule has 1 aliphatic carbocycles. The van der Waals surface area contributed by atoms with E-state index in [4.69, 9.17) is 4.74 Å².